The third kappa shape index (κ3) is 4.70. The van der Waals surface area contributed by atoms with Gasteiger partial charge in [-0.3, -0.25) is 9.69 Å². The molecule has 0 amide bonds. The van der Waals surface area contributed by atoms with Crippen LogP contribution in [0.2, 0.25) is 0 Å². The zero-order valence-corrected chi connectivity index (χ0v) is 19.2. The SMILES string of the molecule is CC(=O)SCc1cnc(-c2ccc3c(c2)CCC2(CCN(C(C)(C)C)CC2)O3)nc1. The van der Waals surface area contributed by atoms with Gasteiger partial charge >= 0.3 is 0 Å². The van der Waals surface area contributed by atoms with E-state index in [-0.39, 0.29) is 16.3 Å². The highest BCUT2D eigenvalue weighted by Gasteiger charge is 2.41. The molecule has 0 N–H and O–H groups in total. The van der Waals surface area contributed by atoms with Crippen molar-refractivity contribution in [2.24, 2.45) is 0 Å². The van der Waals surface area contributed by atoms with Gasteiger partial charge in [0.15, 0.2) is 10.9 Å². The Hall–Kier alpha value is -1.92. The molecule has 2 aliphatic rings. The van der Waals surface area contributed by atoms with Gasteiger partial charge in [-0.05, 0) is 75.8 Å². The molecule has 1 aromatic carbocycles. The molecule has 160 valence electrons. The number of likely N-dealkylation sites (tertiary alicyclic amines) is 1. The molecular weight excluding hydrogens is 394 g/mol. The van der Waals surface area contributed by atoms with Crippen LogP contribution >= 0.6 is 11.8 Å². The maximum Gasteiger partial charge on any atom is 0.186 e. The average Bonchev–Trinajstić information content (AvgIpc) is 2.72. The predicted molar refractivity (Wildman–Crippen MR) is 122 cm³/mol. The molecular formula is C24H31N3O2S. The zero-order valence-electron chi connectivity index (χ0n) is 18.4. The van der Waals surface area contributed by atoms with Crippen molar-refractivity contribution in [1.29, 1.82) is 0 Å². The first-order valence-electron chi connectivity index (χ1n) is 10.8. The van der Waals surface area contributed by atoms with Crippen LogP contribution in [0, 0.1) is 0 Å². The Morgan fingerprint density at radius 3 is 2.50 bits per heavy atom. The van der Waals surface area contributed by atoms with Crippen molar-refractivity contribution in [3.63, 3.8) is 0 Å². The molecule has 0 atom stereocenters. The van der Waals surface area contributed by atoms with E-state index in [0.29, 0.717) is 11.6 Å². The minimum absolute atomic E-state index is 0.0111. The minimum Gasteiger partial charge on any atom is -0.487 e. The highest BCUT2D eigenvalue weighted by atomic mass is 32.2. The number of nitrogens with zero attached hydrogens (tertiary/aromatic N) is 3. The summed E-state index contributed by atoms with van der Waals surface area (Å²) in [5.41, 5.74) is 3.44. The first kappa shape index (κ1) is 21.3. The molecule has 6 heteroatoms. The van der Waals surface area contributed by atoms with Gasteiger partial charge in [0.1, 0.15) is 11.4 Å². The molecule has 0 aliphatic carbocycles. The molecule has 4 rings (SSSR count). The topological polar surface area (TPSA) is 55.3 Å². The quantitative estimate of drug-likeness (QED) is 0.698. The number of aromatic nitrogens is 2. The van der Waals surface area contributed by atoms with E-state index in [9.17, 15) is 4.79 Å². The van der Waals surface area contributed by atoms with Crippen molar-refractivity contribution < 1.29 is 9.53 Å². The van der Waals surface area contributed by atoms with E-state index in [1.807, 2.05) is 12.4 Å². The Morgan fingerprint density at radius 1 is 1.17 bits per heavy atom. The van der Waals surface area contributed by atoms with Crippen LogP contribution < -0.4 is 4.74 Å². The number of aryl methyl sites for hydroxylation is 1. The molecule has 3 heterocycles. The lowest BCUT2D eigenvalue weighted by molar-refractivity contribution is -0.109. The van der Waals surface area contributed by atoms with Crippen LogP contribution in [0.25, 0.3) is 11.4 Å². The molecule has 0 radical (unpaired) electrons. The number of carbonyl (C=O) groups excluding carboxylic acids is 1. The van der Waals surface area contributed by atoms with Gasteiger partial charge in [-0.1, -0.05) is 11.8 Å². The van der Waals surface area contributed by atoms with Crippen molar-refractivity contribution in [3.8, 4) is 17.1 Å². The molecule has 1 aromatic heterocycles. The van der Waals surface area contributed by atoms with E-state index in [4.69, 9.17) is 4.74 Å². The molecule has 5 nitrogen and oxygen atoms in total. The lowest BCUT2D eigenvalue weighted by Crippen LogP contribution is -2.54. The van der Waals surface area contributed by atoms with Gasteiger partial charge in [0.05, 0.1) is 0 Å². The second kappa shape index (κ2) is 8.31. The molecule has 0 bridgehead atoms. The van der Waals surface area contributed by atoms with Gasteiger partial charge in [-0.2, -0.15) is 0 Å². The van der Waals surface area contributed by atoms with E-state index in [2.05, 4.69) is 53.8 Å². The molecule has 1 fully saturated rings. The van der Waals surface area contributed by atoms with E-state index in [1.54, 1.807) is 6.92 Å². The summed E-state index contributed by atoms with van der Waals surface area (Å²) >= 11 is 1.28. The summed E-state index contributed by atoms with van der Waals surface area (Å²) in [7, 11) is 0. The lowest BCUT2D eigenvalue weighted by atomic mass is 9.81. The number of ether oxygens (including phenoxy) is 1. The fourth-order valence-corrected chi connectivity index (χ4v) is 4.88. The Labute approximate surface area is 183 Å². The Balaban J connectivity index is 1.44. The Morgan fingerprint density at radius 2 is 1.87 bits per heavy atom. The standard InChI is InChI=1S/C24H31N3O2S/c1-17(28)30-16-18-14-25-22(26-15-18)20-5-6-21-19(13-20)7-8-24(29-21)9-11-27(12-10-24)23(2,3)4/h5-6,13-15H,7-12,16H2,1-4H3. The van der Waals surface area contributed by atoms with Gasteiger partial charge in [-0.15, -0.1) is 0 Å². The van der Waals surface area contributed by atoms with Crippen molar-refractivity contribution in [2.45, 2.75) is 70.3 Å². The second-order valence-electron chi connectivity index (χ2n) is 9.46. The summed E-state index contributed by atoms with van der Waals surface area (Å²) in [4.78, 5) is 22.7. The molecule has 1 spiro atoms. The van der Waals surface area contributed by atoms with Crippen molar-refractivity contribution >= 4 is 16.9 Å². The van der Waals surface area contributed by atoms with Crippen molar-refractivity contribution in [2.75, 3.05) is 13.1 Å². The maximum absolute atomic E-state index is 11.1. The Kier molecular flexibility index (Phi) is 5.90. The summed E-state index contributed by atoms with van der Waals surface area (Å²) in [6, 6.07) is 6.32. The summed E-state index contributed by atoms with van der Waals surface area (Å²) < 4.78 is 6.58. The summed E-state index contributed by atoms with van der Waals surface area (Å²) in [6.45, 7) is 10.6. The number of piperidine rings is 1. The van der Waals surface area contributed by atoms with Gasteiger partial charge in [0.2, 0.25) is 0 Å². The third-order valence-electron chi connectivity index (χ3n) is 6.27. The number of benzene rings is 1. The number of carbonyl (C=O) groups is 1. The fourth-order valence-electron chi connectivity index (χ4n) is 4.36. The molecule has 0 unspecified atom stereocenters. The Bertz CT molecular complexity index is 913. The van der Waals surface area contributed by atoms with E-state index < -0.39 is 0 Å². The van der Waals surface area contributed by atoms with Crippen LogP contribution in [0.4, 0.5) is 0 Å². The molecule has 2 aliphatic heterocycles. The normalized spacial score (nSPS) is 18.7. The largest absolute Gasteiger partial charge is 0.487 e. The number of thioether (sulfide) groups is 1. The summed E-state index contributed by atoms with van der Waals surface area (Å²) in [5, 5.41) is 0.107. The van der Waals surface area contributed by atoms with Crippen molar-refractivity contribution in [1.82, 2.24) is 14.9 Å². The van der Waals surface area contributed by atoms with Gasteiger partial charge < -0.3 is 4.74 Å². The molecule has 30 heavy (non-hydrogen) atoms. The van der Waals surface area contributed by atoms with Crippen LogP contribution in [0.5, 0.6) is 5.75 Å². The van der Waals surface area contributed by atoms with E-state index in [1.165, 1.54) is 17.3 Å². The van der Waals surface area contributed by atoms with Crippen LogP contribution in [-0.4, -0.2) is 44.2 Å². The lowest BCUT2D eigenvalue weighted by Gasteiger charge is -2.48. The first-order valence-corrected chi connectivity index (χ1v) is 11.7. The fraction of sp³-hybridized carbons (Fsp3) is 0.542. The maximum atomic E-state index is 11.1. The van der Waals surface area contributed by atoms with Crippen LogP contribution in [0.15, 0.2) is 30.6 Å². The second-order valence-corrected chi connectivity index (χ2v) is 10.6. The first-order chi connectivity index (χ1) is 14.2. The van der Waals surface area contributed by atoms with Crippen LogP contribution in [-0.2, 0) is 17.0 Å². The summed E-state index contributed by atoms with van der Waals surface area (Å²) in [5.74, 6) is 2.35. The van der Waals surface area contributed by atoms with Crippen molar-refractivity contribution in [3.05, 3.63) is 41.7 Å². The highest BCUT2D eigenvalue weighted by Crippen LogP contribution is 2.41. The van der Waals surface area contributed by atoms with E-state index >= 15 is 0 Å². The molecule has 0 saturated carbocycles. The predicted octanol–water partition coefficient (Wildman–Crippen LogP) is 4.88. The number of fused-ring (bicyclic) bond motifs is 1. The molecule has 2 aromatic rings. The van der Waals surface area contributed by atoms with Gasteiger partial charge in [0.25, 0.3) is 0 Å². The van der Waals surface area contributed by atoms with Crippen LogP contribution in [0.1, 0.15) is 58.1 Å². The third-order valence-corrected chi connectivity index (χ3v) is 7.15. The van der Waals surface area contributed by atoms with E-state index in [0.717, 1.165) is 55.6 Å². The number of hydrogen-bond acceptors (Lipinski definition) is 6. The average molecular weight is 426 g/mol. The highest BCUT2D eigenvalue weighted by molar-refractivity contribution is 8.12. The minimum atomic E-state index is -0.0111. The monoisotopic (exact) mass is 425 g/mol. The summed E-state index contributed by atoms with van der Waals surface area (Å²) in [6.07, 6.45) is 7.91. The molecule has 1 saturated heterocycles. The number of rotatable bonds is 3. The smallest absolute Gasteiger partial charge is 0.186 e. The van der Waals surface area contributed by atoms with Crippen LogP contribution in [0.3, 0.4) is 0 Å². The van der Waals surface area contributed by atoms with Gasteiger partial charge in [0, 0.05) is 49.3 Å². The van der Waals surface area contributed by atoms with Gasteiger partial charge in [-0.25, -0.2) is 9.97 Å². The number of hydrogen-bond donors (Lipinski definition) is 0. The zero-order chi connectivity index (χ0) is 21.4.